The first-order valence-corrected chi connectivity index (χ1v) is 8.73. The summed E-state index contributed by atoms with van der Waals surface area (Å²) in [6.45, 7) is 1.70. The summed E-state index contributed by atoms with van der Waals surface area (Å²) in [5.41, 5.74) is 5.69. The van der Waals surface area contributed by atoms with Gasteiger partial charge in [0.1, 0.15) is 15.7 Å². The molecule has 2 amide bonds. The molecule has 5 nitrogen and oxygen atoms in total. The third-order valence-corrected chi connectivity index (χ3v) is 4.96. The second kappa shape index (κ2) is 7.63. The third kappa shape index (κ3) is 3.89. The van der Waals surface area contributed by atoms with Crippen LogP contribution in [0.5, 0.6) is 0 Å². The van der Waals surface area contributed by atoms with Crippen molar-refractivity contribution in [2.45, 2.75) is 6.92 Å². The Bertz CT molecular complexity index is 973. The Hall–Kier alpha value is -2.77. The number of amides is 2. The Morgan fingerprint density at radius 2 is 1.69 bits per heavy atom. The molecule has 0 aliphatic carbocycles. The number of hydrazine groups is 1. The van der Waals surface area contributed by atoms with E-state index in [0.29, 0.717) is 20.6 Å². The van der Waals surface area contributed by atoms with E-state index in [1.807, 2.05) is 12.1 Å². The zero-order chi connectivity index (χ0) is 18.7. The maximum atomic E-state index is 13.6. The molecule has 8 heteroatoms. The van der Waals surface area contributed by atoms with Crippen molar-refractivity contribution < 1.29 is 14.0 Å². The van der Waals surface area contributed by atoms with Crippen LogP contribution in [0.2, 0.25) is 5.02 Å². The Kier molecular flexibility index (Phi) is 5.29. The number of benzene rings is 2. The zero-order valence-electron chi connectivity index (χ0n) is 13.5. The molecule has 0 saturated carbocycles. The molecule has 26 heavy (non-hydrogen) atoms. The molecule has 0 atom stereocenters. The van der Waals surface area contributed by atoms with E-state index in [4.69, 9.17) is 11.6 Å². The fraction of sp³-hybridized carbons (Fsp3) is 0.0556. The number of aryl methyl sites for hydroxylation is 1. The normalized spacial score (nSPS) is 10.4. The van der Waals surface area contributed by atoms with Gasteiger partial charge in [-0.2, -0.15) is 0 Å². The molecule has 0 aliphatic rings. The lowest BCUT2D eigenvalue weighted by Crippen LogP contribution is -2.41. The van der Waals surface area contributed by atoms with Gasteiger partial charge < -0.3 is 0 Å². The van der Waals surface area contributed by atoms with E-state index < -0.39 is 17.6 Å². The highest BCUT2D eigenvalue weighted by Crippen LogP contribution is 2.28. The van der Waals surface area contributed by atoms with Gasteiger partial charge in [-0.05, 0) is 31.2 Å². The minimum atomic E-state index is -0.739. The van der Waals surface area contributed by atoms with Crippen molar-refractivity contribution >= 4 is 34.8 Å². The van der Waals surface area contributed by atoms with Crippen molar-refractivity contribution in [2.24, 2.45) is 0 Å². The molecule has 2 N–H and O–H groups in total. The first-order chi connectivity index (χ1) is 12.5. The molecule has 0 bridgehead atoms. The van der Waals surface area contributed by atoms with Crippen molar-refractivity contribution in [3.05, 3.63) is 75.5 Å². The van der Waals surface area contributed by atoms with Crippen molar-refractivity contribution in [1.29, 1.82) is 0 Å². The van der Waals surface area contributed by atoms with Crippen LogP contribution in [0.4, 0.5) is 4.39 Å². The monoisotopic (exact) mass is 389 g/mol. The second-order valence-corrected chi connectivity index (χ2v) is 6.76. The van der Waals surface area contributed by atoms with E-state index in [2.05, 4.69) is 15.8 Å². The molecule has 0 unspecified atom stereocenters. The van der Waals surface area contributed by atoms with Gasteiger partial charge in [0.15, 0.2) is 0 Å². The van der Waals surface area contributed by atoms with Gasteiger partial charge >= 0.3 is 0 Å². The van der Waals surface area contributed by atoms with Crippen molar-refractivity contribution in [3.8, 4) is 10.6 Å². The quantitative estimate of drug-likeness (QED) is 0.665. The number of thiazole rings is 1. The van der Waals surface area contributed by atoms with Gasteiger partial charge in [0, 0.05) is 10.6 Å². The third-order valence-electron chi connectivity index (χ3n) is 3.50. The largest absolute Gasteiger partial charge is 0.281 e. The minimum absolute atomic E-state index is 0.157. The number of nitrogens with one attached hydrogen (secondary N) is 2. The molecule has 0 aliphatic heterocycles. The number of aromatic nitrogens is 1. The SMILES string of the molecule is Cc1nc(-c2ccc(Cl)cc2)sc1C(=O)NNC(=O)c1ccccc1F. The summed E-state index contributed by atoms with van der Waals surface area (Å²) in [7, 11) is 0. The van der Waals surface area contributed by atoms with Crippen LogP contribution in [-0.2, 0) is 0 Å². The molecule has 0 spiro atoms. The number of rotatable bonds is 3. The highest BCUT2D eigenvalue weighted by atomic mass is 35.5. The molecule has 1 aromatic heterocycles. The predicted molar refractivity (Wildman–Crippen MR) is 98.6 cm³/mol. The summed E-state index contributed by atoms with van der Waals surface area (Å²) >= 11 is 7.06. The fourth-order valence-electron chi connectivity index (χ4n) is 2.21. The molecule has 3 aromatic rings. The van der Waals surface area contributed by atoms with Crippen LogP contribution in [0.15, 0.2) is 48.5 Å². The smallest absolute Gasteiger partial charge is 0.267 e. The number of carbonyl (C=O) groups excluding carboxylic acids is 2. The minimum Gasteiger partial charge on any atom is -0.267 e. The van der Waals surface area contributed by atoms with E-state index in [1.54, 1.807) is 19.1 Å². The molecular weight excluding hydrogens is 377 g/mol. The summed E-state index contributed by atoms with van der Waals surface area (Å²) in [5.74, 6) is -1.93. The van der Waals surface area contributed by atoms with Crippen LogP contribution < -0.4 is 10.9 Å². The first-order valence-electron chi connectivity index (χ1n) is 7.54. The zero-order valence-corrected chi connectivity index (χ0v) is 15.1. The van der Waals surface area contributed by atoms with E-state index in [1.165, 1.54) is 35.6 Å². The van der Waals surface area contributed by atoms with Gasteiger partial charge in [-0.25, -0.2) is 9.37 Å². The number of hydrogen-bond acceptors (Lipinski definition) is 4. The highest BCUT2D eigenvalue weighted by molar-refractivity contribution is 7.17. The fourth-order valence-corrected chi connectivity index (χ4v) is 3.30. The molecular formula is C18H13ClFN3O2S. The van der Waals surface area contributed by atoms with Crippen molar-refractivity contribution in [3.63, 3.8) is 0 Å². The average Bonchev–Trinajstić information content (AvgIpc) is 3.02. The van der Waals surface area contributed by atoms with Gasteiger partial charge in [0.05, 0.1) is 11.3 Å². The van der Waals surface area contributed by atoms with Crippen LogP contribution >= 0.6 is 22.9 Å². The van der Waals surface area contributed by atoms with Crippen LogP contribution in [0.25, 0.3) is 10.6 Å². The Morgan fingerprint density at radius 3 is 2.38 bits per heavy atom. The first kappa shape index (κ1) is 18.0. The van der Waals surface area contributed by atoms with Crippen LogP contribution in [0.3, 0.4) is 0 Å². The van der Waals surface area contributed by atoms with E-state index in [-0.39, 0.29) is 5.56 Å². The van der Waals surface area contributed by atoms with Crippen molar-refractivity contribution in [2.75, 3.05) is 0 Å². The molecule has 0 fully saturated rings. The topological polar surface area (TPSA) is 71.1 Å². The molecule has 0 radical (unpaired) electrons. The maximum absolute atomic E-state index is 13.6. The number of hydrogen-bond donors (Lipinski definition) is 2. The molecule has 3 rings (SSSR count). The summed E-state index contributed by atoms with van der Waals surface area (Å²) in [6.07, 6.45) is 0. The molecule has 1 heterocycles. The Balaban J connectivity index is 1.71. The maximum Gasteiger partial charge on any atom is 0.281 e. The van der Waals surface area contributed by atoms with Gasteiger partial charge in [0.2, 0.25) is 0 Å². The Morgan fingerprint density at radius 1 is 1.04 bits per heavy atom. The van der Waals surface area contributed by atoms with E-state index in [0.717, 1.165) is 5.56 Å². The lowest BCUT2D eigenvalue weighted by Gasteiger charge is -2.07. The molecule has 2 aromatic carbocycles. The number of nitrogens with zero attached hydrogens (tertiary/aromatic N) is 1. The summed E-state index contributed by atoms with van der Waals surface area (Å²) in [4.78, 5) is 29.0. The summed E-state index contributed by atoms with van der Waals surface area (Å²) < 4.78 is 13.6. The molecule has 132 valence electrons. The lowest BCUT2D eigenvalue weighted by atomic mass is 10.2. The van der Waals surface area contributed by atoms with Crippen LogP contribution in [-0.4, -0.2) is 16.8 Å². The lowest BCUT2D eigenvalue weighted by molar-refractivity contribution is 0.0846. The van der Waals surface area contributed by atoms with Gasteiger partial charge in [0.25, 0.3) is 11.8 Å². The van der Waals surface area contributed by atoms with Crippen molar-refractivity contribution in [1.82, 2.24) is 15.8 Å². The average molecular weight is 390 g/mol. The van der Waals surface area contributed by atoms with E-state index in [9.17, 15) is 14.0 Å². The summed E-state index contributed by atoms with van der Waals surface area (Å²) in [6, 6.07) is 12.6. The van der Waals surface area contributed by atoms with Crippen LogP contribution in [0.1, 0.15) is 25.7 Å². The van der Waals surface area contributed by atoms with E-state index >= 15 is 0 Å². The molecule has 0 saturated heterocycles. The summed E-state index contributed by atoms with van der Waals surface area (Å²) in [5, 5.41) is 1.26. The van der Waals surface area contributed by atoms with Gasteiger partial charge in [-0.3, -0.25) is 20.4 Å². The van der Waals surface area contributed by atoms with Crippen LogP contribution in [0, 0.1) is 12.7 Å². The predicted octanol–water partition coefficient (Wildman–Crippen LogP) is 3.99. The van der Waals surface area contributed by atoms with Gasteiger partial charge in [-0.1, -0.05) is 35.9 Å². The number of carbonyl (C=O) groups is 2. The highest BCUT2D eigenvalue weighted by Gasteiger charge is 2.18. The Labute approximate surface area is 157 Å². The second-order valence-electron chi connectivity index (χ2n) is 5.33. The standard InChI is InChI=1S/C18H13ClFN3O2S/c1-10-15(26-18(21-10)11-6-8-12(19)9-7-11)17(25)23-22-16(24)13-4-2-3-5-14(13)20/h2-9H,1H3,(H,22,24)(H,23,25). The van der Waals surface area contributed by atoms with Gasteiger partial charge in [-0.15, -0.1) is 11.3 Å². The number of halogens is 2.